The molecule has 0 aromatic heterocycles. The molecule has 4 nitrogen and oxygen atoms in total. The maximum absolute atomic E-state index is 11.3. The Bertz CT molecular complexity index is 381. The molecule has 0 rings (SSSR count). The quantitative estimate of drug-likeness (QED) is 0.704. The highest BCUT2D eigenvalue weighted by molar-refractivity contribution is 8.16. The third kappa shape index (κ3) is 2.91. The van der Waals surface area contributed by atoms with Crippen LogP contribution in [0.4, 0.5) is 0 Å². The Balaban J connectivity index is 5.76. The Morgan fingerprint density at radius 1 is 0.733 bits per heavy atom. The summed E-state index contributed by atoms with van der Waals surface area (Å²) in [6, 6.07) is 0. The molecule has 0 radical (unpaired) electrons. The Hall–Kier alpha value is 1.64. The molecule has 0 atom stereocenters. The van der Waals surface area contributed by atoms with Crippen LogP contribution in [0.2, 0.25) is 0 Å². The first-order valence-corrected chi connectivity index (χ1v) is 8.39. The van der Waals surface area contributed by atoms with E-state index >= 15 is 0 Å². The van der Waals surface area contributed by atoms with E-state index in [0.717, 1.165) is 0 Å². The molecule has 0 aliphatic rings. The molecule has 0 saturated carbocycles. The summed E-state index contributed by atoms with van der Waals surface area (Å²) in [5.74, 6) is 0. The van der Waals surface area contributed by atoms with Crippen molar-refractivity contribution in [2.45, 2.75) is 11.3 Å². The molecule has 12 heteroatoms. The number of halogens is 6. The van der Waals surface area contributed by atoms with Gasteiger partial charge in [-0.1, -0.05) is 69.6 Å². The predicted octanol–water partition coefficient (Wildman–Crippen LogP) is 2.43. The summed E-state index contributed by atoms with van der Waals surface area (Å²) in [5, 5.41) is 0. The minimum Gasteiger partial charge on any atom is -0.222 e. The Labute approximate surface area is 117 Å². The first-order valence-electron chi connectivity index (χ1n) is 2.80. The topological polar surface area (TPSA) is 68.3 Å². The highest BCUT2D eigenvalue weighted by Crippen LogP contribution is 2.42. The molecule has 0 aromatic rings. The molecule has 0 heterocycles. The molecule has 0 aromatic carbocycles. The number of rotatable bonds is 4. The van der Waals surface area contributed by atoms with Crippen molar-refractivity contribution in [3.8, 4) is 0 Å². The lowest BCUT2D eigenvalue weighted by atomic mass is 11.8. The second-order valence-electron chi connectivity index (χ2n) is 2.07. The lowest BCUT2D eigenvalue weighted by Crippen LogP contribution is -2.41. The standard InChI is InChI=1S/C3H2Cl6O4S2/c4-1(5)14(10,11)3(8,9)15(12,13)2(6)7/h1-2H. The normalized spacial score (nSPS) is 14.9. The van der Waals surface area contributed by atoms with Gasteiger partial charge in [0.25, 0.3) is 0 Å². The van der Waals surface area contributed by atoms with E-state index < -0.39 is 31.0 Å². The molecular weight excluding hydrogens is 377 g/mol. The van der Waals surface area contributed by atoms with Gasteiger partial charge in [-0.05, 0) is 0 Å². The second-order valence-corrected chi connectivity index (χ2v) is 12.1. The van der Waals surface area contributed by atoms with Crippen molar-refractivity contribution in [3.63, 3.8) is 0 Å². The van der Waals surface area contributed by atoms with Crippen LogP contribution in [0.15, 0.2) is 0 Å². The molecule has 0 aliphatic carbocycles. The number of alkyl halides is 6. The second kappa shape index (κ2) is 5.10. The van der Waals surface area contributed by atoms with Crippen LogP contribution in [0.1, 0.15) is 0 Å². The maximum Gasteiger partial charge on any atom is 0.323 e. The smallest absolute Gasteiger partial charge is 0.222 e. The molecule has 0 spiro atoms. The van der Waals surface area contributed by atoms with Crippen molar-refractivity contribution < 1.29 is 16.8 Å². The summed E-state index contributed by atoms with van der Waals surface area (Å²) in [7, 11) is -9.55. The van der Waals surface area contributed by atoms with E-state index in [1.54, 1.807) is 0 Å². The van der Waals surface area contributed by atoms with Crippen molar-refractivity contribution in [3.05, 3.63) is 0 Å². The van der Waals surface area contributed by atoms with Gasteiger partial charge in [-0.25, -0.2) is 16.8 Å². The lowest BCUT2D eigenvalue weighted by Gasteiger charge is -2.20. The van der Waals surface area contributed by atoms with E-state index in [2.05, 4.69) is 0 Å². The Morgan fingerprint density at radius 2 is 0.933 bits per heavy atom. The van der Waals surface area contributed by atoms with Gasteiger partial charge >= 0.3 is 3.00 Å². The van der Waals surface area contributed by atoms with E-state index in [4.69, 9.17) is 69.6 Å². The minimum absolute atomic E-state index is 2.13. The lowest BCUT2D eigenvalue weighted by molar-refractivity contribution is 0.584. The van der Waals surface area contributed by atoms with Crippen LogP contribution in [-0.2, 0) is 19.7 Å². The fourth-order valence-corrected chi connectivity index (χ4v) is 7.06. The van der Waals surface area contributed by atoms with E-state index in [1.807, 2.05) is 0 Å². The van der Waals surface area contributed by atoms with Crippen molar-refractivity contribution in [2.24, 2.45) is 0 Å². The molecule has 92 valence electrons. The van der Waals surface area contributed by atoms with Crippen molar-refractivity contribution in [1.29, 1.82) is 0 Å². The number of hydrogen-bond donors (Lipinski definition) is 0. The molecular formula is C3H2Cl6O4S2. The highest BCUT2D eigenvalue weighted by Gasteiger charge is 2.57. The summed E-state index contributed by atoms with van der Waals surface area (Å²) in [4.78, 5) is 0. The fourth-order valence-electron chi connectivity index (χ4n) is 0.369. The summed E-state index contributed by atoms with van der Waals surface area (Å²) < 4.78 is 37.6. The van der Waals surface area contributed by atoms with Gasteiger partial charge in [-0.3, -0.25) is 0 Å². The molecule has 0 amide bonds. The van der Waals surface area contributed by atoms with Crippen LogP contribution in [-0.4, -0.2) is 28.2 Å². The van der Waals surface area contributed by atoms with E-state index in [-0.39, 0.29) is 0 Å². The van der Waals surface area contributed by atoms with E-state index in [1.165, 1.54) is 0 Å². The Kier molecular flexibility index (Phi) is 5.66. The van der Waals surface area contributed by atoms with Crippen LogP contribution in [0.3, 0.4) is 0 Å². The predicted molar refractivity (Wildman–Crippen MR) is 63.3 cm³/mol. The van der Waals surface area contributed by atoms with Gasteiger partial charge in [-0.2, -0.15) is 0 Å². The Morgan fingerprint density at radius 3 is 1.07 bits per heavy atom. The van der Waals surface area contributed by atoms with Crippen LogP contribution >= 0.6 is 69.6 Å². The van der Waals surface area contributed by atoms with Gasteiger partial charge in [0.1, 0.15) is 0 Å². The summed E-state index contributed by atoms with van der Waals surface area (Å²) in [6.07, 6.45) is 0. The monoisotopic (exact) mass is 376 g/mol. The zero-order valence-corrected chi connectivity index (χ0v) is 12.5. The van der Waals surface area contributed by atoms with Crippen LogP contribution in [0, 0.1) is 0 Å². The van der Waals surface area contributed by atoms with E-state index in [0.29, 0.717) is 0 Å². The van der Waals surface area contributed by atoms with Gasteiger partial charge in [0, 0.05) is 0 Å². The zero-order valence-electron chi connectivity index (χ0n) is 6.37. The highest BCUT2D eigenvalue weighted by atomic mass is 35.5. The van der Waals surface area contributed by atoms with Gasteiger partial charge in [0.05, 0.1) is 0 Å². The van der Waals surface area contributed by atoms with Gasteiger partial charge in [0.2, 0.25) is 28.0 Å². The molecule has 0 aliphatic heterocycles. The van der Waals surface area contributed by atoms with Gasteiger partial charge in [-0.15, -0.1) is 0 Å². The number of sulfone groups is 2. The average Bonchev–Trinajstić information content (AvgIpc) is 2.02. The third-order valence-corrected chi connectivity index (χ3v) is 10.2. The van der Waals surface area contributed by atoms with Gasteiger partial charge < -0.3 is 0 Å². The third-order valence-electron chi connectivity index (χ3n) is 1.13. The van der Waals surface area contributed by atoms with Crippen molar-refractivity contribution >= 4 is 89.3 Å². The van der Waals surface area contributed by atoms with E-state index in [9.17, 15) is 16.8 Å². The molecule has 0 bridgehead atoms. The summed E-state index contributed by atoms with van der Waals surface area (Å²) >= 11 is 30.4. The summed E-state index contributed by atoms with van der Waals surface area (Å²) in [6.45, 7) is 0. The maximum atomic E-state index is 11.3. The molecule has 0 saturated heterocycles. The number of hydrogen-bond acceptors (Lipinski definition) is 4. The first kappa shape index (κ1) is 16.6. The molecule has 15 heavy (non-hydrogen) atoms. The minimum atomic E-state index is -4.77. The van der Waals surface area contributed by atoms with Crippen molar-refractivity contribution in [1.82, 2.24) is 0 Å². The first-order chi connectivity index (χ1) is 6.39. The van der Waals surface area contributed by atoms with Crippen LogP contribution in [0.25, 0.3) is 0 Å². The summed E-state index contributed by atoms with van der Waals surface area (Å²) in [5.41, 5.74) is 0. The molecule has 0 unspecified atom stereocenters. The largest absolute Gasteiger partial charge is 0.323 e. The fraction of sp³-hybridized carbons (Fsp3) is 1.00. The van der Waals surface area contributed by atoms with Gasteiger partial charge in [0.15, 0.2) is 0 Å². The zero-order chi connectivity index (χ0) is 12.7. The molecule has 0 N–H and O–H groups in total. The average molecular weight is 379 g/mol. The SMILES string of the molecule is O=S(=O)(C(Cl)Cl)C(Cl)(Cl)S(=O)(=O)C(Cl)Cl. The van der Waals surface area contributed by atoms with Crippen LogP contribution in [0.5, 0.6) is 0 Å². The molecule has 0 fully saturated rings. The van der Waals surface area contributed by atoms with Crippen LogP contribution < -0.4 is 0 Å². The van der Waals surface area contributed by atoms with Crippen molar-refractivity contribution in [2.75, 3.05) is 0 Å².